The lowest BCUT2D eigenvalue weighted by molar-refractivity contribution is -0.384. The topological polar surface area (TPSA) is 104 Å². The van der Waals surface area contributed by atoms with Crippen LogP contribution in [-0.4, -0.2) is 29.0 Å². The van der Waals surface area contributed by atoms with Crippen molar-refractivity contribution in [1.29, 1.82) is 0 Å². The van der Waals surface area contributed by atoms with Gasteiger partial charge in [-0.1, -0.05) is 0 Å². The van der Waals surface area contributed by atoms with Crippen molar-refractivity contribution in [3.8, 4) is 22.8 Å². The number of ether oxygens (including phenoxy) is 2. The van der Waals surface area contributed by atoms with Crippen molar-refractivity contribution < 1.29 is 19.2 Å². The highest BCUT2D eigenvalue weighted by molar-refractivity contribution is 7.14. The average molecular weight is 397 g/mol. The second kappa shape index (κ2) is 7.65. The van der Waals surface area contributed by atoms with Crippen LogP contribution in [0.3, 0.4) is 0 Å². The highest BCUT2D eigenvalue weighted by Gasteiger charge is 2.15. The summed E-state index contributed by atoms with van der Waals surface area (Å²) in [5, 5.41) is 15.7. The Bertz CT molecular complexity index is 1030. The maximum Gasteiger partial charge on any atom is 0.269 e. The quantitative estimate of drug-likeness (QED) is 0.503. The van der Waals surface area contributed by atoms with Crippen molar-refractivity contribution in [1.82, 2.24) is 4.98 Å². The molecular weight excluding hydrogens is 382 g/mol. The Morgan fingerprint density at radius 2 is 2.11 bits per heavy atom. The summed E-state index contributed by atoms with van der Waals surface area (Å²) >= 11 is 1.33. The van der Waals surface area contributed by atoms with Gasteiger partial charge in [0.1, 0.15) is 11.5 Å². The molecule has 28 heavy (non-hydrogen) atoms. The Labute approximate surface area is 163 Å². The van der Waals surface area contributed by atoms with Gasteiger partial charge in [0.2, 0.25) is 0 Å². The molecule has 1 aliphatic heterocycles. The molecule has 9 heteroatoms. The summed E-state index contributed by atoms with van der Waals surface area (Å²) in [5.74, 6) is 0.929. The number of fused-ring (bicyclic) bond motifs is 1. The number of nitro benzene ring substituents is 1. The predicted molar refractivity (Wildman–Crippen MR) is 104 cm³/mol. The molecule has 2 aromatic carbocycles. The molecule has 0 aliphatic carbocycles. The number of thiazole rings is 1. The van der Waals surface area contributed by atoms with E-state index in [9.17, 15) is 14.9 Å². The van der Waals surface area contributed by atoms with Crippen molar-refractivity contribution >= 4 is 28.1 Å². The number of hydrogen-bond donors (Lipinski definition) is 1. The van der Waals surface area contributed by atoms with Crippen LogP contribution >= 0.6 is 11.3 Å². The molecule has 0 fully saturated rings. The number of carbonyl (C=O) groups is 1. The van der Waals surface area contributed by atoms with Gasteiger partial charge in [0.05, 0.1) is 17.2 Å². The van der Waals surface area contributed by atoms with Gasteiger partial charge in [0.15, 0.2) is 11.7 Å². The molecule has 1 aliphatic rings. The predicted octanol–water partition coefficient (Wildman–Crippen LogP) is 3.67. The fourth-order valence-corrected chi connectivity index (χ4v) is 3.51. The Kier molecular flexibility index (Phi) is 4.90. The number of rotatable bonds is 6. The highest BCUT2D eigenvalue weighted by atomic mass is 32.1. The van der Waals surface area contributed by atoms with Crippen molar-refractivity contribution in [3.05, 3.63) is 63.5 Å². The standard InChI is InChI=1S/C19H15N3O5S/c23-18(10-27-15-4-2-14(3-5-15)22(24)25)21-19-20-16(11-28-19)12-1-6-17-13(9-12)7-8-26-17/h1-6,9,11H,7-8,10H2,(H,20,21,23). The van der Waals surface area contributed by atoms with Crippen molar-refractivity contribution in [3.63, 3.8) is 0 Å². The second-order valence-corrected chi connectivity index (χ2v) is 6.90. The first-order valence-corrected chi connectivity index (χ1v) is 9.35. The Morgan fingerprint density at radius 3 is 2.89 bits per heavy atom. The van der Waals surface area contributed by atoms with E-state index < -0.39 is 4.92 Å². The van der Waals surface area contributed by atoms with E-state index in [1.165, 1.54) is 35.6 Å². The summed E-state index contributed by atoms with van der Waals surface area (Å²) in [4.78, 5) is 26.6. The zero-order chi connectivity index (χ0) is 19.5. The van der Waals surface area contributed by atoms with Gasteiger partial charge >= 0.3 is 0 Å². The monoisotopic (exact) mass is 397 g/mol. The van der Waals surface area contributed by atoms with E-state index in [0.717, 1.165) is 29.0 Å². The Balaban J connectivity index is 1.34. The summed E-state index contributed by atoms with van der Waals surface area (Å²) in [5.41, 5.74) is 2.88. The fraction of sp³-hybridized carbons (Fsp3) is 0.158. The number of carbonyl (C=O) groups excluding carboxylic acids is 1. The van der Waals surface area contributed by atoms with Crippen LogP contribution < -0.4 is 14.8 Å². The van der Waals surface area contributed by atoms with Gasteiger partial charge < -0.3 is 9.47 Å². The number of amides is 1. The summed E-state index contributed by atoms with van der Waals surface area (Å²) in [6, 6.07) is 11.5. The molecule has 0 atom stereocenters. The molecule has 2 heterocycles. The van der Waals surface area contributed by atoms with E-state index in [4.69, 9.17) is 9.47 Å². The van der Waals surface area contributed by atoms with Crippen LogP contribution in [0, 0.1) is 10.1 Å². The zero-order valence-electron chi connectivity index (χ0n) is 14.6. The summed E-state index contributed by atoms with van der Waals surface area (Å²) in [7, 11) is 0. The molecule has 1 aromatic heterocycles. The zero-order valence-corrected chi connectivity index (χ0v) is 15.4. The SMILES string of the molecule is O=C(COc1ccc([N+](=O)[O-])cc1)Nc1nc(-c2ccc3c(c2)CCO3)cs1. The minimum atomic E-state index is -0.495. The van der Waals surface area contributed by atoms with Gasteiger partial charge in [0.25, 0.3) is 11.6 Å². The summed E-state index contributed by atoms with van der Waals surface area (Å²) in [6.45, 7) is 0.481. The smallest absolute Gasteiger partial charge is 0.269 e. The van der Waals surface area contributed by atoms with Gasteiger partial charge in [-0.05, 0) is 35.9 Å². The molecular formula is C19H15N3O5S. The van der Waals surface area contributed by atoms with Crippen molar-refractivity contribution in [2.24, 2.45) is 0 Å². The molecule has 1 amide bonds. The van der Waals surface area contributed by atoms with Crippen LogP contribution in [-0.2, 0) is 11.2 Å². The molecule has 0 unspecified atom stereocenters. The maximum absolute atomic E-state index is 12.1. The fourth-order valence-electron chi connectivity index (χ4n) is 2.78. The number of nitrogens with one attached hydrogen (secondary N) is 1. The number of nitro groups is 1. The summed E-state index contributed by atoms with van der Waals surface area (Å²) < 4.78 is 10.9. The third-order valence-corrected chi connectivity index (χ3v) is 4.91. The van der Waals surface area contributed by atoms with Gasteiger partial charge in [-0.25, -0.2) is 4.98 Å². The third kappa shape index (κ3) is 3.94. The average Bonchev–Trinajstić information content (AvgIpc) is 3.35. The van der Waals surface area contributed by atoms with E-state index in [-0.39, 0.29) is 18.2 Å². The molecule has 0 saturated heterocycles. The lowest BCUT2D eigenvalue weighted by Crippen LogP contribution is -2.20. The molecule has 0 radical (unpaired) electrons. The number of benzene rings is 2. The largest absolute Gasteiger partial charge is 0.493 e. The van der Waals surface area contributed by atoms with E-state index in [2.05, 4.69) is 16.4 Å². The molecule has 3 aromatic rings. The number of aromatic nitrogens is 1. The van der Waals surface area contributed by atoms with Gasteiger partial charge in [-0.3, -0.25) is 20.2 Å². The minimum absolute atomic E-state index is 0.0368. The van der Waals surface area contributed by atoms with E-state index >= 15 is 0 Å². The van der Waals surface area contributed by atoms with Crippen LogP contribution in [0.5, 0.6) is 11.5 Å². The first kappa shape index (κ1) is 17.9. The van der Waals surface area contributed by atoms with E-state index in [0.29, 0.717) is 17.5 Å². The van der Waals surface area contributed by atoms with Crippen LogP contribution in [0.15, 0.2) is 47.8 Å². The van der Waals surface area contributed by atoms with Crippen LogP contribution in [0.1, 0.15) is 5.56 Å². The van der Waals surface area contributed by atoms with Crippen LogP contribution in [0.4, 0.5) is 10.8 Å². The lowest BCUT2D eigenvalue weighted by atomic mass is 10.1. The first-order valence-electron chi connectivity index (χ1n) is 8.47. The molecule has 142 valence electrons. The maximum atomic E-state index is 12.1. The van der Waals surface area contributed by atoms with Crippen LogP contribution in [0.2, 0.25) is 0 Å². The molecule has 8 nitrogen and oxygen atoms in total. The number of hydrogen-bond acceptors (Lipinski definition) is 7. The molecule has 0 saturated carbocycles. The molecule has 0 bridgehead atoms. The van der Waals surface area contributed by atoms with E-state index in [1.54, 1.807) is 0 Å². The number of non-ortho nitro benzene ring substituents is 1. The van der Waals surface area contributed by atoms with Crippen LogP contribution in [0.25, 0.3) is 11.3 Å². The van der Waals surface area contributed by atoms with Crippen molar-refractivity contribution in [2.75, 3.05) is 18.5 Å². The number of nitrogens with zero attached hydrogens (tertiary/aromatic N) is 2. The highest BCUT2D eigenvalue weighted by Crippen LogP contribution is 2.31. The molecule has 4 rings (SSSR count). The first-order chi connectivity index (χ1) is 13.6. The van der Waals surface area contributed by atoms with E-state index in [1.807, 2.05) is 17.5 Å². The summed E-state index contributed by atoms with van der Waals surface area (Å²) in [6.07, 6.45) is 0.886. The third-order valence-electron chi connectivity index (χ3n) is 4.15. The van der Waals surface area contributed by atoms with Gasteiger partial charge in [-0.2, -0.15) is 0 Å². The van der Waals surface area contributed by atoms with Gasteiger partial charge in [-0.15, -0.1) is 11.3 Å². The van der Waals surface area contributed by atoms with Gasteiger partial charge in [0, 0.05) is 29.5 Å². The normalized spacial score (nSPS) is 12.1. The number of anilines is 1. The molecule has 1 N–H and O–H groups in total. The lowest BCUT2D eigenvalue weighted by Gasteiger charge is -2.05. The molecule has 0 spiro atoms. The van der Waals surface area contributed by atoms with Crippen molar-refractivity contribution in [2.45, 2.75) is 6.42 Å². The second-order valence-electron chi connectivity index (χ2n) is 6.05. The Morgan fingerprint density at radius 1 is 1.29 bits per heavy atom. The Hall–Kier alpha value is -3.46. The minimum Gasteiger partial charge on any atom is -0.493 e.